The number of nitrogens with one attached hydrogen (secondary N) is 1. The quantitative estimate of drug-likeness (QED) is 0.808. The van der Waals surface area contributed by atoms with Crippen LogP contribution in [0.15, 0.2) is 18.2 Å². The molecule has 1 atom stereocenters. The van der Waals surface area contributed by atoms with E-state index in [4.69, 9.17) is 27.9 Å². The van der Waals surface area contributed by atoms with Crippen molar-refractivity contribution in [2.75, 3.05) is 6.54 Å². The molecule has 1 aromatic carbocycles. The molecule has 0 radical (unpaired) electrons. The lowest BCUT2D eigenvalue weighted by atomic mass is 10.1. The van der Waals surface area contributed by atoms with Crippen LogP contribution in [-0.4, -0.2) is 12.6 Å². The Morgan fingerprint density at radius 1 is 1.36 bits per heavy atom. The minimum absolute atomic E-state index is 0.266. The predicted octanol–water partition coefficient (Wildman–Crippen LogP) is 2.77. The molecule has 1 heterocycles. The molecule has 2 rings (SSSR count). The molecule has 0 saturated carbocycles. The fourth-order valence-corrected chi connectivity index (χ4v) is 1.59. The molecule has 1 aromatic rings. The van der Waals surface area contributed by atoms with Crippen LogP contribution in [0.4, 0.5) is 4.79 Å². The zero-order valence-electron chi connectivity index (χ0n) is 7.09. The molecule has 1 saturated heterocycles. The first kappa shape index (κ1) is 9.62. The minimum Gasteiger partial charge on any atom is -0.439 e. The van der Waals surface area contributed by atoms with Crippen molar-refractivity contribution >= 4 is 29.3 Å². The summed E-state index contributed by atoms with van der Waals surface area (Å²) in [5, 5.41) is 3.52. The number of benzene rings is 1. The maximum atomic E-state index is 10.8. The van der Waals surface area contributed by atoms with Crippen molar-refractivity contribution in [1.29, 1.82) is 0 Å². The number of hydrogen-bond donors (Lipinski definition) is 1. The Balaban J connectivity index is 2.24. The van der Waals surface area contributed by atoms with Crippen LogP contribution < -0.4 is 5.32 Å². The smallest absolute Gasteiger partial charge is 0.407 e. The number of carbonyl (C=O) groups is 1. The van der Waals surface area contributed by atoms with Gasteiger partial charge < -0.3 is 10.1 Å². The molecule has 1 unspecified atom stereocenters. The molecule has 1 fully saturated rings. The van der Waals surface area contributed by atoms with Crippen molar-refractivity contribution in [3.8, 4) is 0 Å². The molecule has 3 nitrogen and oxygen atoms in total. The third-order valence-electron chi connectivity index (χ3n) is 2.00. The van der Waals surface area contributed by atoms with Crippen molar-refractivity contribution in [1.82, 2.24) is 5.32 Å². The van der Waals surface area contributed by atoms with Crippen LogP contribution in [0.1, 0.15) is 11.7 Å². The average Bonchev–Trinajstić information content (AvgIpc) is 2.57. The molecular weight excluding hydrogens is 225 g/mol. The van der Waals surface area contributed by atoms with Crippen LogP contribution in [0.2, 0.25) is 10.0 Å². The lowest BCUT2D eigenvalue weighted by Crippen LogP contribution is -2.12. The molecule has 1 aliphatic heterocycles. The summed E-state index contributed by atoms with van der Waals surface area (Å²) in [6, 6.07) is 5.18. The Kier molecular flexibility index (Phi) is 2.52. The number of carbonyl (C=O) groups excluding carboxylic acids is 1. The Hall–Kier alpha value is -0.930. The number of hydrogen-bond acceptors (Lipinski definition) is 2. The van der Waals surface area contributed by atoms with Gasteiger partial charge in [-0.1, -0.05) is 29.3 Å². The molecule has 5 heteroatoms. The van der Waals surface area contributed by atoms with E-state index >= 15 is 0 Å². The lowest BCUT2D eigenvalue weighted by molar-refractivity contribution is 0.141. The summed E-state index contributed by atoms with van der Waals surface area (Å²) in [5.41, 5.74) is 0.845. The first-order valence-corrected chi connectivity index (χ1v) is 4.82. The fourth-order valence-electron chi connectivity index (χ4n) is 1.29. The Labute approximate surface area is 91.0 Å². The first-order valence-electron chi connectivity index (χ1n) is 4.06. The van der Waals surface area contributed by atoms with Gasteiger partial charge in [0.15, 0.2) is 0 Å². The molecule has 14 heavy (non-hydrogen) atoms. The molecule has 0 aromatic heterocycles. The Morgan fingerprint density at radius 2 is 2.14 bits per heavy atom. The summed E-state index contributed by atoms with van der Waals surface area (Å²) in [6.07, 6.45) is -0.668. The van der Waals surface area contributed by atoms with E-state index in [9.17, 15) is 4.79 Å². The van der Waals surface area contributed by atoms with Gasteiger partial charge in [0, 0.05) is 0 Å². The summed E-state index contributed by atoms with van der Waals surface area (Å²) < 4.78 is 4.99. The summed E-state index contributed by atoms with van der Waals surface area (Å²) in [6.45, 7) is 0.469. The normalized spacial score (nSPS) is 20.4. The highest BCUT2D eigenvalue weighted by Crippen LogP contribution is 2.28. The van der Waals surface area contributed by atoms with Crippen LogP contribution in [0, 0.1) is 0 Å². The summed E-state index contributed by atoms with van der Waals surface area (Å²) in [5.74, 6) is 0. The number of alkyl carbamates (subject to hydrolysis) is 1. The van der Waals surface area contributed by atoms with E-state index < -0.39 is 6.09 Å². The number of amides is 1. The Morgan fingerprint density at radius 3 is 2.71 bits per heavy atom. The van der Waals surface area contributed by atoms with E-state index in [0.717, 1.165) is 5.56 Å². The standard InChI is InChI=1S/C9H7Cl2NO2/c10-6-2-1-5(3-7(6)11)8-4-12-9(13)14-8/h1-3,8H,4H2,(H,12,13). The molecule has 0 spiro atoms. The fraction of sp³-hybridized carbons (Fsp3) is 0.222. The van der Waals surface area contributed by atoms with E-state index in [2.05, 4.69) is 5.32 Å². The molecule has 1 amide bonds. The van der Waals surface area contributed by atoms with E-state index in [1.54, 1.807) is 18.2 Å². The average molecular weight is 232 g/mol. The lowest BCUT2D eigenvalue weighted by Gasteiger charge is -2.08. The second kappa shape index (κ2) is 3.67. The van der Waals surface area contributed by atoms with Gasteiger partial charge in [0.2, 0.25) is 0 Å². The monoisotopic (exact) mass is 231 g/mol. The van der Waals surface area contributed by atoms with Gasteiger partial charge in [-0.3, -0.25) is 0 Å². The number of cyclic esters (lactones) is 1. The third kappa shape index (κ3) is 1.79. The van der Waals surface area contributed by atoms with Crippen molar-refractivity contribution in [3.05, 3.63) is 33.8 Å². The zero-order chi connectivity index (χ0) is 10.1. The van der Waals surface area contributed by atoms with E-state index in [1.165, 1.54) is 0 Å². The second-order valence-electron chi connectivity index (χ2n) is 2.95. The van der Waals surface area contributed by atoms with E-state index in [1.807, 2.05) is 0 Å². The maximum absolute atomic E-state index is 10.8. The minimum atomic E-state index is -0.402. The van der Waals surface area contributed by atoms with Gasteiger partial charge in [-0.25, -0.2) is 4.79 Å². The third-order valence-corrected chi connectivity index (χ3v) is 2.74. The van der Waals surface area contributed by atoms with Crippen molar-refractivity contribution in [2.24, 2.45) is 0 Å². The molecule has 1 N–H and O–H groups in total. The molecule has 0 bridgehead atoms. The summed E-state index contributed by atoms with van der Waals surface area (Å²) in [7, 11) is 0. The number of halogens is 2. The van der Waals surface area contributed by atoms with E-state index in [0.29, 0.717) is 16.6 Å². The van der Waals surface area contributed by atoms with Gasteiger partial charge in [0.25, 0.3) is 0 Å². The maximum Gasteiger partial charge on any atom is 0.407 e. The van der Waals surface area contributed by atoms with Crippen molar-refractivity contribution < 1.29 is 9.53 Å². The Bertz CT molecular complexity index is 381. The van der Waals surface area contributed by atoms with Crippen LogP contribution in [-0.2, 0) is 4.74 Å². The van der Waals surface area contributed by atoms with Gasteiger partial charge in [-0.05, 0) is 17.7 Å². The highest BCUT2D eigenvalue weighted by atomic mass is 35.5. The number of rotatable bonds is 1. The molecule has 1 aliphatic rings. The number of ether oxygens (including phenoxy) is 1. The highest BCUT2D eigenvalue weighted by molar-refractivity contribution is 6.42. The van der Waals surface area contributed by atoms with Gasteiger partial charge >= 0.3 is 6.09 Å². The summed E-state index contributed by atoms with van der Waals surface area (Å²) >= 11 is 11.6. The van der Waals surface area contributed by atoms with Crippen molar-refractivity contribution in [2.45, 2.75) is 6.10 Å². The van der Waals surface area contributed by atoms with E-state index in [-0.39, 0.29) is 6.10 Å². The summed E-state index contributed by atoms with van der Waals surface area (Å²) in [4.78, 5) is 10.8. The SMILES string of the molecule is O=C1NCC(c2ccc(Cl)c(Cl)c2)O1. The predicted molar refractivity (Wildman–Crippen MR) is 53.7 cm³/mol. The largest absolute Gasteiger partial charge is 0.439 e. The van der Waals surface area contributed by atoms with Gasteiger partial charge in [-0.2, -0.15) is 0 Å². The highest BCUT2D eigenvalue weighted by Gasteiger charge is 2.24. The first-order chi connectivity index (χ1) is 6.66. The molecule has 0 aliphatic carbocycles. The van der Waals surface area contributed by atoms with Gasteiger partial charge in [0.05, 0.1) is 16.6 Å². The molecule has 74 valence electrons. The van der Waals surface area contributed by atoms with Crippen LogP contribution >= 0.6 is 23.2 Å². The van der Waals surface area contributed by atoms with Gasteiger partial charge in [-0.15, -0.1) is 0 Å². The van der Waals surface area contributed by atoms with Crippen LogP contribution in [0.25, 0.3) is 0 Å². The van der Waals surface area contributed by atoms with Crippen molar-refractivity contribution in [3.63, 3.8) is 0 Å². The van der Waals surface area contributed by atoms with Crippen LogP contribution in [0.5, 0.6) is 0 Å². The molecular formula is C9H7Cl2NO2. The van der Waals surface area contributed by atoms with Gasteiger partial charge in [0.1, 0.15) is 6.10 Å². The van der Waals surface area contributed by atoms with Crippen LogP contribution in [0.3, 0.4) is 0 Å². The second-order valence-corrected chi connectivity index (χ2v) is 3.76. The zero-order valence-corrected chi connectivity index (χ0v) is 8.60. The topological polar surface area (TPSA) is 38.3 Å².